The molecule has 0 N–H and O–H groups in total. The molecule has 0 bridgehead atoms. The molecule has 0 aliphatic carbocycles. The average molecular weight is 280 g/mol. The maximum absolute atomic E-state index is 11.5. The molecule has 0 aliphatic rings. The van der Waals surface area contributed by atoms with E-state index in [-0.39, 0.29) is 12.0 Å². The van der Waals surface area contributed by atoms with Gasteiger partial charge in [0.05, 0.1) is 14.2 Å². The molecule has 0 spiro atoms. The normalized spacial score (nSPS) is 11.2. The van der Waals surface area contributed by atoms with Crippen LogP contribution in [0.4, 0.5) is 11.9 Å². The molecule has 9 nitrogen and oxygen atoms in total. The summed E-state index contributed by atoms with van der Waals surface area (Å²) in [5.74, 6) is -0.248. The van der Waals surface area contributed by atoms with Crippen molar-refractivity contribution >= 4 is 17.9 Å². The fraction of sp³-hybridized carbons (Fsp3) is 0.545. The van der Waals surface area contributed by atoms with Crippen LogP contribution in [0, 0.1) is 11.5 Å². The Morgan fingerprint density at radius 2 is 1.85 bits per heavy atom. The number of hydrogen-bond acceptors (Lipinski definition) is 9. The Labute approximate surface area is 116 Å². The fourth-order valence-corrected chi connectivity index (χ4v) is 1.32. The zero-order chi connectivity index (χ0) is 15.3. The molecule has 1 unspecified atom stereocenters. The van der Waals surface area contributed by atoms with Crippen LogP contribution in [0.5, 0.6) is 6.01 Å². The third kappa shape index (κ3) is 3.23. The minimum Gasteiger partial charge on any atom is -0.467 e. The van der Waals surface area contributed by atoms with E-state index in [0.29, 0.717) is 5.95 Å². The topological polar surface area (TPSA) is 104 Å². The van der Waals surface area contributed by atoms with Gasteiger partial charge in [-0.25, -0.2) is 9.69 Å². The molecule has 0 amide bonds. The third-order valence-electron chi connectivity index (χ3n) is 2.43. The van der Waals surface area contributed by atoms with Crippen LogP contribution in [0.3, 0.4) is 0 Å². The molecule has 0 saturated carbocycles. The van der Waals surface area contributed by atoms with E-state index in [1.165, 1.54) is 21.1 Å². The molecule has 0 radical (unpaired) electrons. The van der Waals surface area contributed by atoms with E-state index in [1.807, 2.05) is 6.19 Å². The molecule has 0 fully saturated rings. The van der Waals surface area contributed by atoms with E-state index in [0.717, 1.165) is 4.90 Å². The highest BCUT2D eigenvalue weighted by Crippen LogP contribution is 2.18. The Balaban J connectivity index is 3.25. The van der Waals surface area contributed by atoms with E-state index < -0.39 is 12.0 Å². The summed E-state index contributed by atoms with van der Waals surface area (Å²) >= 11 is 0. The molecule has 0 aromatic carbocycles. The lowest BCUT2D eigenvalue weighted by Gasteiger charge is -2.20. The second kappa shape index (κ2) is 6.51. The van der Waals surface area contributed by atoms with Crippen molar-refractivity contribution in [1.82, 2.24) is 15.0 Å². The van der Waals surface area contributed by atoms with E-state index in [1.54, 1.807) is 19.0 Å². The molecular formula is C11H16N6O3. The first kappa shape index (κ1) is 15.4. The van der Waals surface area contributed by atoms with Gasteiger partial charge in [-0.05, 0) is 6.92 Å². The van der Waals surface area contributed by atoms with Gasteiger partial charge in [-0.2, -0.15) is 20.2 Å². The maximum atomic E-state index is 11.5. The van der Waals surface area contributed by atoms with Gasteiger partial charge >= 0.3 is 12.0 Å². The van der Waals surface area contributed by atoms with Crippen LogP contribution >= 0.6 is 0 Å². The molecule has 20 heavy (non-hydrogen) atoms. The highest BCUT2D eigenvalue weighted by Gasteiger charge is 2.26. The minimum absolute atomic E-state index is 0.0148. The van der Waals surface area contributed by atoms with Crippen LogP contribution in [0.2, 0.25) is 0 Å². The first-order valence-corrected chi connectivity index (χ1v) is 5.68. The largest absolute Gasteiger partial charge is 0.467 e. The quantitative estimate of drug-likeness (QED) is 0.411. The summed E-state index contributed by atoms with van der Waals surface area (Å²) in [4.78, 5) is 26.3. The zero-order valence-corrected chi connectivity index (χ0v) is 12.0. The molecule has 1 atom stereocenters. The van der Waals surface area contributed by atoms with Gasteiger partial charge in [0, 0.05) is 14.1 Å². The fourth-order valence-electron chi connectivity index (χ4n) is 1.32. The lowest BCUT2D eigenvalue weighted by molar-refractivity contribution is -0.141. The van der Waals surface area contributed by atoms with Crippen molar-refractivity contribution in [1.29, 1.82) is 5.26 Å². The van der Waals surface area contributed by atoms with Gasteiger partial charge in [-0.1, -0.05) is 0 Å². The molecule has 0 aliphatic heterocycles. The Kier molecular flexibility index (Phi) is 5.02. The summed E-state index contributed by atoms with van der Waals surface area (Å²) in [6.45, 7) is 1.51. The number of methoxy groups -OCH3 is 2. The monoisotopic (exact) mass is 280 g/mol. The Bertz CT molecular complexity index is 527. The van der Waals surface area contributed by atoms with Crippen molar-refractivity contribution in [2.24, 2.45) is 0 Å². The number of ether oxygens (including phenoxy) is 2. The molecular weight excluding hydrogens is 264 g/mol. The Morgan fingerprint density at radius 3 is 2.30 bits per heavy atom. The van der Waals surface area contributed by atoms with Crippen molar-refractivity contribution < 1.29 is 14.3 Å². The van der Waals surface area contributed by atoms with Crippen LogP contribution in [0.25, 0.3) is 0 Å². The molecule has 9 heteroatoms. The molecule has 1 heterocycles. The second-order valence-corrected chi connectivity index (χ2v) is 3.99. The van der Waals surface area contributed by atoms with Crippen LogP contribution in [-0.2, 0) is 9.53 Å². The highest BCUT2D eigenvalue weighted by atomic mass is 16.5. The summed E-state index contributed by atoms with van der Waals surface area (Å²) in [5.41, 5.74) is 0. The lowest BCUT2D eigenvalue weighted by atomic mass is 10.3. The lowest BCUT2D eigenvalue weighted by Crippen LogP contribution is -2.37. The predicted octanol–water partition coefficient (Wildman–Crippen LogP) is -0.205. The van der Waals surface area contributed by atoms with Crippen LogP contribution < -0.4 is 14.5 Å². The molecule has 0 saturated heterocycles. The second-order valence-electron chi connectivity index (χ2n) is 3.99. The summed E-state index contributed by atoms with van der Waals surface area (Å²) in [5, 5.41) is 9.20. The van der Waals surface area contributed by atoms with Crippen LogP contribution in [-0.4, -0.2) is 55.3 Å². The number of carbonyl (C=O) groups excluding carboxylic acids is 1. The number of nitriles is 1. The third-order valence-corrected chi connectivity index (χ3v) is 2.43. The van der Waals surface area contributed by atoms with Gasteiger partial charge in [0.25, 0.3) is 0 Å². The number of esters is 1. The first-order chi connectivity index (χ1) is 9.44. The molecule has 1 aromatic heterocycles. The summed E-state index contributed by atoms with van der Waals surface area (Å²) < 4.78 is 9.57. The van der Waals surface area contributed by atoms with Gasteiger partial charge < -0.3 is 14.4 Å². The molecule has 108 valence electrons. The predicted molar refractivity (Wildman–Crippen MR) is 70.3 cm³/mol. The summed E-state index contributed by atoms with van der Waals surface area (Å²) in [6, 6.07) is -0.803. The molecule has 1 aromatic rings. The SMILES string of the molecule is COC(=O)C(C)N(C#N)c1nc(OC)nc(N(C)C)n1. The minimum atomic E-state index is -0.855. The number of aromatic nitrogens is 3. The highest BCUT2D eigenvalue weighted by molar-refractivity contribution is 5.79. The standard InChI is InChI=1S/C11H16N6O3/c1-7(8(18)19-4)17(6-12)10-13-9(16(2)3)14-11(15-10)20-5/h7H,1-5H3. The van der Waals surface area contributed by atoms with Crippen molar-refractivity contribution in [2.75, 3.05) is 38.1 Å². The van der Waals surface area contributed by atoms with Gasteiger partial charge in [0.2, 0.25) is 11.9 Å². The number of anilines is 2. The maximum Gasteiger partial charge on any atom is 0.329 e. The van der Waals surface area contributed by atoms with E-state index in [4.69, 9.17) is 4.74 Å². The first-order valence-electron chi connectivity index (χ1n) is 5.68. The van der Waals surface area contributed by atoms with Gasteiger partial charge in [0.1, 0.15) is 6.04 Å². The van der Waals surface area contributed by atoms with Crippen molar-refractivity contribution in [2.45, 2.75) is 13.0 Å². The van der Waals surface area contributed by atoms with Crippen LogP contribution in [0.1, 0.15) is 6.92 Å². The zero-order valence-electron chi connectivity index (χ0n) is 12.0. The van der Waals surface area contributed by atoms with Crippen molar-refractivity contribution in [3.8, 4) is 12.2 Å². The van der Waals surface area contributed by atoms with Gasteiger partial charge in [0.15, 0.2) is 6.19 Å². The van der Waals surface area contributed by atoms with E-state index >= 15 is 0 Å². The van der Waals surface area contributed by atoms with Crippen molar-refractivity contribution in [3.05, 3.63) is 0 Å². The smallest absolute Gasteiger partial charge is 0.329 e. The number of hydrogen-bond donors (Lipinski definition) is 0. The van der Waals surface area contributed by atoms with Gasteiger partial charge in [-0.15, -0.1) is 0 Å². The number of carbonyl (C=O) groups is 1. The average Bonchev–Trinajstić information content (AvgIpc) is 2.46. The summed E-state index contributed by atoms with van der Waals surface area (Å²) in [6.07, 6.45) is 1.86. The molecule has 1 rings (SSSR count). The number of nitrogens with zero attached hydrogens (tertiary/aromatic N) is 6. The summed E-state index contributed by atoms with van der Waals surface area (Å²) in [7, 11) is 6.12. The number of rotatable bonds is 5. The Morgan fingerprint density at radius 1 is 1.25 bits per heavy atom. The van der Waals surface area contributed by atoms with Gasteiger partial charge in [-0.3, -0.25) is 0 Å². The van der Waals surface area contributed by atoms with E-state index in [2.05, 4.69) is 19.7 Å². The Hall–Kier alpha value is -2.63. The van der Waals surface area contributed by atoms with Crippen molar-refractivity contribution in [3.63, 3.8) is 0 Å². The van der Waals surface area contributed by atoms with E-state index in [9.17, 15) is 10.1 Å². The van der Waals surface area contributed by atoms with Crippen LogP contribution in [0.15, 0.2) is 0 Å².